The van der Waals surface area contributed by atoms with Gasteiger partial charge in [0.15, 0.2) is 0 Å². The van der Waals surface area contributed by atoms with Crippen LogP contribution in [0.3, 0.4) is 0 Å². The van der Waals surface area contributed by atoms with E-state index in [1.165, 1.54) is 0 Å². The van der Waals surface area contributed by atoms with Crippen LogP contribution in [0, 0.1) is 0 Å². The first-order chi connectivity index (χ1) is 10.2. The number of urea groups is 1. The van der Waals surface area contributed by atoms with Gasteiger partial charge in [0.1, 0.15) is 12.1 Å². The molecule has 7 heteroatoms. The smallest absolute Gasteiger partial charge is 0.325 e. The molecule has 0 spiro atoms. The Hall–Kier alpha value is -2.08. The summed E-state index contributed by atoms with van der Waals surface area (Å²) >= 11 is 5.84. The SMILES string of the molecule is CC(C)NC(=O)CN1C(=O)N[C@@](C)(c2ccc(Cl)cc2)C1=O. The lowest BCUT2D eigenvalue weighted by Crippen LogP contribution is -2.44. The summed E-state index contributed by atoms with van der Waals surface area (Å²) in [5.41, 5.74) is -0.582. The molecule has 2 rings (SSSR count). The number of carbonyl (C=O) groups excluding carboxylic acids is 3. The second-order valence-electron chi connectivity index (χ2n) is 5.68. The number of hydrogen-bond acceptors (Lipinski definition) is 3. The molecule has 1 aromatic carbocycles. The topological polar surface area (TPSA) is 78.5 Å². The van der Waals surface area contributed by atoms with Crippen LogP contribution in [0.1, 0.15) is 26.3 Å². The molecule has 0 unspecified atom stereocenters. The zero-order valence-corrected chi connectivity index (χ0v) is 13.4. The molecule has 0 aromatic heterocycles. The van der Waals surface area contributed by atoms with Crippen LogP contribution in [0.2, 0.25) is 5.02 Å². The van der Waals surface area contributed by atoms with E-state index in [4.69, 9.17) is 11.6 Å². The van der Waals surface area contributed by atoms with Crippen LogP contribution in [0.15, 0.2) is 24.3 Å². The number of imide groups is 1. The first-order valence-corrected chi connectivity index (χ1v) is 7.31. The molecule has 0 aliphatic carbocycles. The predicted octanol–water partition coefficient (Wildman–Crippen LogP) is 1.63. The Morgan fingerprint density at radius 2 is 1.91 bits per heavy atom. The van der Waals surface area contributed by atoms with Gasteiger partial charge < -0.3 is 10.6 Å². The van der Waals surface area contributed by atoms with E-state index in [1.807, 2.05) is 13.8 Å². The van der Waals surface area contributed by atoms with Crippen LogP contribution >= 0.6 is 11.6 Å². The first-order valence-electron chi connectivity index (χ1n) is 6.93. The molecule has 1 saturated heterocycles. The summed E-state index contributed by atoms with van der Waals surface area (Å²) in [4.78, 5) is 37.3. The van der Waals surface area contributed by atoms with Crippen molar-refractivity contribution < 1.29 is 14.4 Å². The van der Waals surface area contributed by atoms with Crippen molar-refractivity contribution in [2.24, 2.45) is 0 Å². The number of benzene rings is 1. The maximum Gasteiger partial charge on any atom is 0.325 e. The molecule has 118 valence electrons. The minimum Gasteiger partial charge on any atom is -0.352 e. The molecule has 4 amide bonds. The van der Waals surface area contributed by atoms with Crippen molar-refractivity contribution in [1.29, 1.82) is 0 Å². The van der Waals surface area contributed by atoms with Crippen molar-refractivity contribution in [2.75, 3.05) is 6.54 Å². The number of hydrogen-bond donors (Lipinski definition) is 2. The van der Waals surface area contributed by atoms with Crippen LogP contribution in [-0.2, 0) is 15.1 Å². The number of rotatable bonds is 4. The third-order valence-electron chi connectivity index (χ3n) is 3.45. The fourth-order valence-electron chi connectivity index (χ4n) is 2.33. The Balaban J connectivity index is 2.20. The van der Waals surface area contributed by atoms with E-state index in [-0.39, 0.29) is 18.5 Å². The Bertz CT molecular complexity index is 615. The van der Waals surface area contributed by atoms with Crippen molar-refractivity contribution in [3.63, 3.8) is 0 Å². The highest BCUT2D eigenvalue weighted by Crippen LogP contribution is 2.29. The number of carbonyl (C=O) groups is 3. The molecule has 1 aromatic rings. The van der Waals surface area contributed by atoms with Gasteiger partial charge in [-0.05, 0) is 38.5 Å². The monoisotopic (exact) mass is 323 g/mol. The number of halogens is 1. The summed E-state index contributed by atoms with van der Waals surface area (Å²) < 4.78 is 0. The van der Waals surface area contributed by atoms with Gasteiger partial charge in [-0.25, -0.2) is 4.79 Å². The van der Waals surface area contributed by atoms with Gasteiger partial charge in [0.25, 0.3) is 5.91 Å². The molecule has 0 bridgehead atoms. The lowest BCUT2D eigenvalue weighted by Gasteiger charge is -2.22. The molecule has 0 radical (unpaired) electrons. The number of nitrogens with zero attached hydrogens (tertiary/aromatic N) is 1. The van der Waals surface area contributed by atoms with Crippen LogP contribution in [0.5, 0.6) is 0 Å². The van der Waals surface area contributed by atoms with Crippen LogP contribution in [0.4, 0.5) is 4.79 Å². The van der Waals surface area contributed by atoms with Crippen molar-refractivity contribution in [3.05, 3.63) is 34.9 Å². The minimum atomic E-state index is -1.19. The summed E-state index contributed by atoms with van der Waals surface area (Å²) in [6.45, 7) is 4.92. The molecule has 22 heavy (non-hydrogen) atoms. The molecule has 6 nitrogen and oxygen atoms in total. The van der Waals surface area contributed by atoms with Gasteiger partial charge in [-0.1, -0.05) is 23.7 Å². The summed E-state index contributed by atoms with van der Waals surface area (Å²) in [7, 11) is 0. The van der Waals surface area contributed by atoms with Crippen molar-refractivity contribution in [1.82, 2.24) is 15.5 Å². The van der Waals surface area contributed by atoms with E-state index in [0.717, 1.165) is 4.90 Å². The second-order valence-corrected chi connectivity index (χ2v) is 6.11. The highest BCUT2D eigenvalue weighted by Gasteiger charge is 2.49. The molecule has 1 aliphatic rings. The van der Waals surface area contributed by atoms with Crippen LogP contribution in [-0.4, -0.2) is 35.3 Å². The first kappa shape index (κ1) is 16.3. The summed E-state index contributed by atoms with van der Waals surface area (Å²) in [5.74, 6) is -0.836. The maximum atomic E-state index is 12.6. The zero-order valence-electron chi connectivity index (χ0n) is 12.6. The van der Waals surface area contributed by atoms with Crippen molar-refractivity contribution >= 4 is 29.4 Å². The number of nitrogens with one attached hydrogen (secondary N) is 2. The minimum absolute atomic E-state index is 0.0593. The summed E-state index contributed by atoms with van der Waals surface area (Å²) in [5, 5.41) is 5.83. The summed E-state index contributed by atoms with van der Waals surface area (Å²) in [6, 6.07) is 6.01. The van der Waals surface area contributed by atoms with Gasteiger partial charge in [-0.2, -0.15) is 0 Å². The zero-order chi connectivity index (χ0) is 16.5. The Morgan fingerprint density at radius 1 is 1.32 bits per heavy atom. The largest absolute Gasteiger partial charge is 0.352 e. The van der Waals surface area contributed by atoms with Gasteiger partial charge in [-0.3, -0.25) is 14.5 Å². The standard InChI is InChI=1S/C15H18ClN3O3/c1-9(2)17-12(20)8-19-13(21)15(3,18-14(19)22)10-4-6-11(16)7-5-10/h4-7,9H,8H2,1-3H3,(H,17,20)(H,18,22)/t15-/m0/s1. The molecule has 1 fully saturated rings. The van der Waals surface area contributed by atoms with Gasteiger partial charge in [0, 0.05) is 11.1 Å². The highest BCUT2D eigenvalue weighted by atomic mass is 35.5. The Labute approximate surface area is 133 Å². The molecular weight excluding hydrogens is 306 g/mol. The van der Waals surface area contributed by atoms with E-state index < -0.39 is 17.5 Å². The average molecular weight is 324 g/mol. The lowest BCUT2D eigenvalue weighted by molar-refractivity contribution is -0.135. The van der Waals surface area contributed by atoms with Gasteiger partial charge in [-0.15, -0.1) is 0 Å². The van der Waals surface area contributed by atoms with Crippen LogP contribution < -0.4 is 10.6 Å². The van der Waals surface area contributed by atoms with Crippen LogP contribution in [0.25, 0.3) is 0 Å². The van der Waals surface area contributed by atoms with E-state index in [1.54, 1.807) is 31.2 Å². The van der Waals surface area contributed by atoms with Crippen molar-refractivity contribution in [3.8, 4) is 0 Å². The van der Waals surface area contributed by atoms with Gasteiger partial charge >= 0.3 is 6.03 Å². The highest BCUT2D eigenvalue weighted by molar-refractivity contribution is 6.30. The Morgan fingerprint density at radius 3 is 2.45 bits per heavy atom. The molecule has 2 N–H and O–H groups in total. The maximum absolute atomic E-state index is 12.6. The van der Waals surface area contributed by atoms with Crippen molar-refractivity contribution in [2.45, 2.75) is 32.4 Å². The average Bonchev–Trinajstić information content (AvgIpc) is 2.63. The molecular formula is C15H18ClN3O3. The molecule has 0 saturated carbocycles. The summed E-state index contributed by atoms with van der Waals surface area (Å²) in [6.07, 6.45) is 0. The third-order valence-corrected chi connectivity index (χ3v) is 3.70. The van der Waals surface area contributed by atoms with E-state index in [0.29, 0.717) is 10.6 Å². The molecule has 1 aliphatic heterocycles. The fourth-order valence-corrected chi connectivity index (χ4v) is 2.46. The normalized spacial score (nSPS) is 21.2. The second kappa shape index (κ2) is 5.96. The van der Waals surface area contributed by atoms with E-state index >= 15 is 0 Å². The lowest BCUT2D eigenvalue weighted by atomic mass is 9.92. The number of amides is 4. The van der Waals surface area contributed by atoms with Gasteiger partial charge in [0.05, 0.1) is 0 Å². The molecule has 1 atom stereocenters. The predicted molar refractivity (Wildman–Crippen MR) is 82.3 cm³/mol. The van der Waals surface area contributed by atoms with E-state index in [2.05, 4.69) is 10.6 Å². The Kier molecular flexibility index (Phi) is 4.42. The van der Waals surface area contributed by atoms with Gasteiger partial charge in [0.2, 0.25) is 5.91 Å². The third kappa shape index (κ3) is 3.06. The van der Waals surface area contributed by atoms with E-state index in [9.17, 15) is 14.4 Å². The molecule has 1 heterocycles. The fraction of sp³-hybridized carbons (Fsp3) is 0.400. The quantitative estimate of drug-likeness (QED) is 0.827.